The molecule has 2 N–H and O–H groups in total. The molecule has 1 atom stereocenters. The quantitative estimate of drug-likeness (QED) is 0.308. The Morgan fingerprint density at radius 1 is 1.10 bits per heavy atom. The van der Waals surface area contributed by atoms with Crippen molar-refractivity contribution < 1.29 is 4.74 Å². The molecule has 0 amide bonds. The Bertz CT molecular complexity index is 636. The number of hydrogen-bond donors (Lipinski definition) is 2. The zero-order chi connectivity index (χ0) is 20.3. The third kappa shape index (κ3) is 8.69. The van der Waals surface area contributed by atoms with E-state index in [0.717, 1.165) is 64.4 Å². The summed E-state index contributed by atoms with van der Waals surface area (Å²) in [4.78, 5) is 9.91. The Hall–Kier alpha value is -0.900. The molecule has 1 unspecified atom stereocenters. The van der Waals surface area contributed by atoms with Gasteiger partial charge in [-0.05, 0) is 43.4 Å². The number of rotatable bonds is 8. The number of guanidine groups is 1. The molecule has 1 aromatic rings. The second kappa shape index (κ2) is 14.2. The monoisotopic (exact) mass is 529 g/mol. The summed E-state index contributed by atoms with van der Waals surface area (Å²) < 4.78 is 5.48. The highest BCUT2D eigenvalue weighted by Gasteiger charge is 2.16. The number of halogens is 1. The predicted molar refractivity (Wildman–Crippen MR) is 136 cm³/mol. The van der Waals surface area contributed by atoms with Gasteiger partial charge in [0.05, 0.1) is 19.8 Å². The lowest BCUT2D eigenvalue weighted by Gasteiger charge is -2.30. The SMILES string of the molecule is CCNC(=NCc1ccccc1CN1CCOCC1)NCCN1CCCC(C)C1.I. The van der Waals surface area contributed by atoms with Gasteiger partial charge in [-0.3, -0.25) is 4.90 Å². The Morgan fingerprint density at radius 3 is 2.60 bits per heavy atom. The maximum absolute atomic E-state index is 5.48. The number of aliphatic imine (C=N–C) groups is 1. The van der Waals surface area contributed by atoms with Crippen molar-refractivity contribution in [3.8, 4) is 0 Å². The fraction of sp³-hybridized carbons (Fsp3) is 0.696. The van der Waals surface area contributed by atoms with Gasteiger partial charge in [0, 0.05) is 45.8 Å². The predicted octanol–water partition coefficient (Wildman–Crippen LogP) is 2.92. The molecular weight excluding hydrogens is 489 g/mol. The van der Waals surface area contributed by atoms with Crippen molar-refractivity contribution in [3.63, 3.8) is 0 Å². The second-order valence-corrected chi connectivity index (χ2v) is 8.33. The molecule has 0 radical (unpaired) electrons. The van der Waals surface area contributed by atoms with E-state index in [1.54, 1.807) is 0 Å². The lowest BCUT2D eigenvalue weighted by Crippen LogP contribution is -2.43. The van der Waals surface area contributed by atoms with Crippen LogP contribution in [0.1, 0.15) is 37.8 Å². The fourth-order valence-corrected chi connectivity index (χ4v) is 4.19. The molecule has 170 valence electrons. The van der Waals surface area contributed by atoms with Crippen molar-refractivity contribution in [1.82, 2.24) is 20.4 Å². The van der Waals surface area contributed by atoms with Crippen LogP contribution in [-0.4, -0.2) is 74.8 Å². The molecule has 2 fully saturated rings. The van der Waals surface area contributed by atoms with Crippen molar-refractivity contribution in [2.24, 2.45) is 10.9 Å². The number of likely N-dealkylation sites (tertiary alicyclic amines) is 1. The zero-order valence-corrected chi connectivity index (χ0v) is 21.1. The molecule has 1 aromatic carbocycles. The van der Waals surface area contributed by atoms with Gasteiger partial charge in [-0.2, -0.15) is 0 Å². The highest BCUT2D eigenvalue weighted by atomic mass is 127. The first-order valence-electron chi connectivity index (χ1n) is 11.4. The van der Waals surface area contributed by atoms with Crippen LogP contribution in [0.15, 0.2) is 29.3 Å². The highest BCUT2D eigenvalue weighted by molar-refractivity contribution is 14.0. The minimum atomic E-state index is 0. The van der Waals surface area contributed by atoms with E-state index in [4.69, 9.17) is 9.73 Å². The average molecular weight is 530 g/mol. The molecule has 0 aromatic heterocycles. The minimum absolute atomic E-state index is 0. The van der Waals surface area contributed by atoms with E-state index >= 15 is 0 Å². The molecule has 0 bridgehead atoms. The summed E-state index contributed by atoms with van der Waals surface area (Å²) in [7, 11) is 0. The number of piperidine rings is 1. The van der Waals surface area contributed by atoms with Crippen LogP contribution < -0.4 is 10.6 Å². The first-order chi connectivity index (χ1) is 14.2. The van der Waals surface area contributed by atoms with Crippen molar-refractivity contribution >= 4 is 29.9 Å². The molecule has 0 saturated carbocycles. The van der Waals surface area contributed by atoms with Crippen molar-refractivity contribution in [2.75, 3.05) is 59.0 Å². The molecule has 0 aliphatic carbocycles. The van der Waals surface area contributed by atoms with E-state index < -0.39 is 0 Å². The van der Waals surface area contributed by atoms with Crippen LogP contribution in [-0.2, 0) is 17.8 Å². The first-order valence-corrected chi connectivity index (χ1v) is 11.4. The van der Waals surface area contributed by atoms with E-state index in [9.17, 15) is 0 Å². The van der Waals surface area contributed by atoms with E-state index in [2.05, 4.69) is 58.5 Å². The van der Waals surface area contributed by atoms with Crippen LogP contribution in [0, 0.1) is 5.92 Å². The molecule has 3 rings (SSSR count). The summed E-state index contributed by atoms with van der Waals surface area (Å²) in [6.45, 7) is 15.2. The van der Waals surface area contributed by atoms with Gasteiger partial charge in [-0.25, -0.2) is 4.99 Å². The van der Waals surface area contributed by atoms with Gasteiger partial charge in [0.2, 0.25) is 0 Å². The normalized spacial score (nSPS) is 21.1. The summed E-state index contributed by atoms with van der Waals surface area (Å²) in [6, 6.07) is 8.69. The van der Waals surface area contributed by atoms with Crippen LogP contribution in [0.2, 0.25) is 0 Å². The number of nitrogens with zero attached hydrogens (tertiary/aromatic N) is 3. The average Bonchev–Trinajstić information content (AvgIpc) is 2.74. The first kappa shape index (κ1) is 25.4. The van der Waals surface area contributed by atoms with Gasteiger partial charge in [0.15, 0.2) is 5.96 Å². The van der Waals surface area contributed by atoms with Gasteiger partial charge >= 0.3 is 0 Å². The minimum Gasteiger partial charge on any atom is -0.379 e. The molecule has 2 saturated heterocycles. The Morgan fingerprint density at radius 2 is 1.87 bits per heavy atom. The van der Waals surface area contributed by atoms with E-state index in [-0.39, 0.29) is 24.0 Å². The molecule has 2 aliphatic rings. The van der Waals surface area contributed by atoms with Crippen LogP contribution in [0.5, 0.6) is 0 Å². The Kier molecular flexibility index (Phi) is 12.0. The van der Waals surface area contributed by atoms with Crippen LogP contribution in [0.25, 0.3) is 0 Å². The zero-order valence-electron chi connectivity index (χ0n) is 18.7. The van der Waals surface area contributed by atoms with Crippen LogP contribution in [0.3, 0.4) is 0 Å². The Balaban J connectivity index is 0.00000320. The van der Waals surface area contributed by atoms with E-state index in [1.807, 2.05) is 0 Å². The fourth-order valence-electron chi connectivity index (χ4n) is 4.19. The smallest absolute Gasteiger partial charge is 0.191 e. The highest BCUT2D eigenvalue weighted by Crippen LogP contribution is 2.15. The van der Waals surface area contributed by atoms with E-state index in [0.29, 0.717) is 6.54 Å². The van der Waals surface area contributed by atoms with Crippen molar-refractivity contribution in [1.29, 1.82) is 0 Å². The molecule has 30 heavy (non-hydrogen) atoms. The molecule has 7 heteroatoms. The number of nitrogens with one attached hydrogen (secondary N) is 2. The van der Waals surface area contributed by atoms with Gasteiger partial charge in [-0.15, -0.1) is 24.0 Å². The summed E-state index contributed by atoms with van der Waals surface area (Å²) in [6.07, 6.45) is 2.70. The topological polar surface area (TPSA) is 52.1 Å². The molecule has 0 spiro atoms. The third-order valence-electron chi connectivity index (χ3n) is 5.83. The maximum atomic E-state index is 5.48. The number of morpholine rings is 1. The van der Waals surface area contributed by atoms with Gasteiger partial charge in [0.25, 0.3) is 0 Å². The number of ether oxygens (including phenoxy) is 1. The standard InChI is InChI=1S/C23H39N5O.HI/c1-3-24-23(25-10-12-27-11-6-7-20(2)18-27)26-17-21-8-4-5-9-22(21)19-28-13-15-29-16-14-28;/h4-5,8-9,20H,3,6-7,10-19H2,1-2H3,(H2,24,25,26);1H. The summed E-state index contributed by atoms with van der Waals surface area (Å²) in [5, 5.41) is 6.92. The third-order valence-corrected chi connectivity index (χ3v) is 5.83. The lowest BCUT2D eigenvalue weighted by molar-refractivity contribution is 0.0341. The van der Waals surface area contributed by atoms with Crippen molar-refractivity contribution in [2.45, 2.75) is 39.8 Å². The molecule has 6 nitrogen and oxygen atoms in total. The summed E-state index contributed by atoms with van der Waals surface area (Å²) >= 11 is 0. The molecule has 2 aliphatic heterocycles. The van der Waals surface area contributed by atoms with Crippen LogP contribution >= 0.6 is 24.0 Å². The number of hydrogen-bond acceptors (Lipinski definition) is 4. The maximum Gasteiger partial charge on any atom is 0.191 e. The lowest BCUT2D eigenvalue weighted by atomic mass is 10.0. The van der Waals surface area contributed by atoms with Gasteiger partial charge in [0.1, 0.15) is 0 Å². The van der Waals surface area contributed by atoms with Crippen molar-refractivity contribution in [3.05, 3.63) is 35.4 Å². The molecular formula is C23H40IN5O. The second-order valence-electron chi connectivity index (χ2n) is 8.33. The Labute approximate surface area is 199 Å². The summed E-state index contributed by atoms with van der Waals surface area (Å²) in [5.74, 6) is 1.74. The van der Waals surface area contributed by atoms with Gasteiger partial charge in [-0.1, -0.05) is 31.2 Å². The summed E-state index contributed by atoms with van der Waals surface area (Å²) in [5.41, 5.74) is 2.68. The molecule has 2 heterocycles. The van der Waals surface area contributed by atoms with E-state index in [1.165, 1.54) is 37.1 Å². The largest absolute Gasteiger partial charge is 0.379 e. The van der Waals surface area contributed by atoms with Gasteiger partial charge < -0.3 is 20.3 Å². The number of benzene rings is 1. The van der Waals surface area contributed by atoms with Crippen LogP contribution in [0.4, 0.5) is 0 Å².